The minimum absolute atomic E-state index is 0.0219. The zero-order valence-electron chi connectivity index (χ0n) is 15.9. The van der Waals surface area contributed by atoms with Gasteiger partial charge < -0.3 is 9.84 Å². The first-order valence-corrected chi connectivity index (χ1v) is 11.0. The predicted molar refractivity (Wildman–Crippen MR) is 109 cm³/mol. The van der Waals surface area contributed by atoms with Gasteiger partial charge in [0.25, 0.3) is 10.0 Å². The van der Waals surface area contributed by atoms with Crippen molar-refractivity contribution in [3.63, 3.8) is 0 Å². The molecule has 0 spiro atoms. The highest BCUT2D eigenvalue weighted by Gasteiger charge is 2.27. The molecule has 0 radical (unpaired) electrons. The van der Waals surface area contributed by atoms with Gasteiger partial charge in [-0.1, -0.05) is 6.07 Å². The normalized spacial score (nSPS) is 12.7. The van der Waals surface area contributed by atoms with Gasteiger partial charge in [-0.25, -0.2) is 18.5 Å². The minimum atomic E-state index is -4.08. The second kappa shape index (κ2) is 9.20. The standard InChI is InChI=1S/C19H16FN3O6S2/c1-21-19(29-16(26)7-6-15(24)25)12-10-14(13-4-2-8-22-18(13)20)23(11-12)31(27,28)17-5-3-9-30-17/h2-11,19,21H,1H3,(H,24,25)/b7-6+. The van der Waals surface area contributed by atoms with Gasteiger partial charge in [-0.05, 0) is 36.7 Å². The van der Waals surface area contributed by atoms with Crippen LogP contribution < -0.4 is 5.32 Å². The van der Waals surface area contributed by atoms with E-state index in [4.69, 9.17) is 9.84 Å². The Kier molecular flexibility index (Phi) is 6.63. The third-order valence-electron chi connectivity index (χ3n) is 4.01. The van der Waals surface area contributed by atoms with Crippen LogP contribution in [0.5, 0.6) is 0 Å². The first kappa shape index (κ1) is 22.3. The van der Waals surface area contributed by atoms with E-state index < -0.39 is 34.1 Å². The molecule has 0 saturated carbocycles. The Labute approximate surface area is 180 Å². The Morgan fingerprint density at radius 3 is 2.71 bits per heavy atom. The first-order chi connectivity index (χ1) is 14.7. The summed E-state index contributed by atoms with van der Waals surface area (Å²) < 4.78 is 46.8. The van der Waals surface area contributed by atoms with Crippen LogP contribution in [0.15, 0.2) is 64.5 Å². The van der Waals surface area contributed by atoms with Gasteiger partial charge in [0.05, 0.1) is 11.3 Å². The number of hydrogen-bond acceptors (Lipinski definition) is 8. The van der Waals surface area contributed by atoms with Crippen LogP contribution in [-0.4, -0.2) is 41.5 Å². The Hall–Kier alpha value is -3.35. The van der Waals surface area contributed by atoms with Crippen molar-refractivity contribution in [1.29, 1.82) is 0 Å². The number of carbonyl (C=O) groups is 2. The van der Waals surface area contributed by atoms with E-state index in [-0.39, 0.29) is 21.0 Å². The van der Waals surface area contributed by atoms with Gasteiger partial charge in [-0.15, -0.1) is 11.3 Å². The summed E-state index contributed by atoms with van der Waals surface area (Å²) >= 11 is 0.992. The number of hydrogen-bond donors (Lipinski definition) is 2. The number of carboxylic acids is 1. The molecule has 162 valence electrons. The van der Waals surface area contributed by atoms with E-state index in [1.165, 1.54) is 43.7 Å². The highest BCUT2D eigenvalue weighted by atomic mass is 32.2. The highest BCUT2D eigenvalue weighted by Crippen LogP contribution is 2.32. The van der Waals surface area contributed by atoms with Crippen molar-refractivity contribution in [2.45, 2.75) is 10.4 Å². The van der Waals surface area contributed by atoms with E-state index in [1.54, 1.807) is 11.4 Å². The van der Waals surface area contributed by atoms with Crippen molar-refractivity contribution >= 4 is 33.3 Å². The largest absolute Gasteiger partial charge is 0.478 e. The number of pyridine rings is 1. The van der Waals surface area contributed by atoms with Crippen LogP contribution >= 0.6 is 11.3 Å². The summed E-state index contributed by atoms with van der Waals surface area (Å²) in [5, 5.41) is 12.9. The molecule has 2 N–H and O–H groups in total. The molecule has 3 aromatic heterocycles. The first-order valence-electron chi connectivity index (χ1n) is 8.65. The lowest BCUT2D eigenvalue weighted by Gasteiger charge is -2.14. The van der Waals surface area contributed by atoms with Gasteiger partial charge >= 0.3 is 11.9 Å². The Morgan fingerprint density at radius 2 is 2.10 bits per heavy atom. The van der Waals surface area contributed by atoms with Crippen molar-refractivity contribution in [3.05, 3.63) is 71.8 Å². The second-order valence-electron chi connectivity index (χ2n) is 6.01. The zero-order chi connectivity index (χ0) is 22.6. The number of thiophene rings is 1. The maximum absolute atomic E-state index is 14.4. The van der Waals surface area contributed by atoms with Gasteiger partial charge in [-0.2, -0.15) is 12.8 Å². The molecule has 0 saturated heterocycles. The van der Waals surface area contributed by atoms with Crippen molar-refractivity contribution in [1.82, 2.24) is 14.3 Å². The van der Waals surface area contributed by atoms with Crippen LogP contribution in [-0.2, 0) is 24.3 Å². The number of esters is 1. The minimum Gasteiger partial charge on any atom is -0.478 e. The van der Waals surface area contributed by atoms with E-state index >= 15 is 0 Å². The summed E-state index contributed by atoms with van der Waals surface area (Å²) in [7, 11) is -2.63. The van der Waals surface area contributed by atoms with Crippen LogP contribution in [0.1, 0.15) is 11.8 Å². The molecule has 0 fully saturated rings. The quantitative estimate of drug-likeness (QED) is 0.225. The van der Waals surface area contributed by atoms with E-state index in [0.717, 1.165) is 15.3 Å². The molecular formula is C19H16FN3O6S2. The molecule has 9 nitrogen and oxygen atoms in total. The Bertz CT molecular complexity index is 1240. The molecule has 3 aromatic rings. The fraction of sp³-hybridized carbons (Fsp3) is 0.105. The van der Waals surface area contributed by atoms with E-state index in [0.29, 0.717) is 12.2 Å². The number of aromatic nitrogens is 2. The maximum atomic E-state index is 14.4. The molecular weight excluding hydrogens is 449 g/mol. The fourth-order valence-corrected chi connectivity index (χ4v) is 5.13. The smallest absolute Gasteiger partial charge is 0.332 e. The monoisotopic (exact) mass is 465 g/mol. The average molecular weight is 465 g/mol. The summed E-state index contributed by atoms with van der Waals surface area (Å²) in [5.74, 6) is -3.18. The van der Waals surface area contributed by atoms with Gasteiger partial charge in [0.15, 0.2) is 6.23 Å². The van der Waals surface area contributed by atoms with Crippen molar-refractivity contribution in [3.8, 4) is 11.3 Å². The average Bonchev–Trinajstić information content (AvgIpc) is 3.41. The van der Waals surface area contributed by atoms with Gasteiger partial charge in [0, 0.05) is 30.1 Å². The van der Waals surface area contributed by atoms with Gasteiger partial charge in [0.2, 0.25) is 5.95 Å². The molecule has 0 aliphatic carbocycles. The lowest BCUT2D eigenvalue weighted by atomic mass is 10.2. The Balaban J connectivity index is 2.10. The molecule has 1 unspecified atom stereocenters. The number of carboxylic acid groups (broad SMARTS) is 1. The van der Waals surface area contributed by atoms with Gasteiger partial charge in [-0.3, -0.25) is 5.32 Å². The number of halogens is 1. The van der Waals surface area contributed by atoms with Crippen LogP contribution in [0.4, 0.5) is 4.39 Å². The van der Waals surface area contributed by atoms with Crippen molar-refractivity contribution < 1.29 is 32.2 Å². The number of nitrogens with zero attached hydrogens (tertiary/aromatic N) is 2. The molecule has 3 rings (SSSR count). The maximum Gasteiger partial charge on any atom is 0.332 e. The topological polar surface area (TPSA) is 128 Å². The summed E-state index contributed by atoms with van der Waals surface area (Å²) in [6.45, 7) is 0. The molecule has 0 aliphatic heterocycles. The third-order valence-corrected chi connectivity index (χ3v) is 7.06. The fourth-order valence-electron chi connectivity index (χ4n) is 2.68. The molecule has 0 aromatic carbocycles. The summed E-state index contributed by atoms with van der Waals surface area (Å²) in [4.78, 5) is 26.0. The van der Waals surface area contributed by atoms with E-state index in [9.17, 15) is 22.4 Å². The molecule has 31 heavy (non-hydrogen) atoms. The summed E-state index contributed by atoms with van der Waals surface area (Å²) in [6.07, 6.45) is 2.62. The predicted octanol–water partition coefficient (Wildman–Crippen LogP) is 2.39. The molecule has 0 amide bonds. The highest BCUT2D eigenvalue weighted by molar-refractivity contribution is 7.92. The van der Waals surface area contributed by atoms with Crippen LogP contribution in [0, 0.1) is 5.95 Å². The molecule has 12 heteroatoms. The number of aliphatic carboxylic acids is 1. The number of rotatable bonds is 8. The number of carbonyl (C=O) groups excluding carboxylic acids is 1. The lowest BCUT2D eigenvalue weighted by molar-refractivity contribution is -0.145. The van der Waals surface area contributed by atoms with E-state index in [1.807, 2.05) is 0 Å². The van der Waals surface area contributed by atoms with Crippen LogP contribution in [0.3, 0.4) is 0 Å². The number of ether oxygens (including phenoxy) is 1. The van der Waals surface area contributed by atoms with E-state index in [2.05, 4.69) is 10.3 Å². The molecule has 3 heterocycles. The Morgan fingerprint density at radius 1 is 1.32 bits per heavy atom. The molecule has 1 atom stereocenters. The second-order valence-corrected chi connectivity index (χ2v) is 9.00. The molecule has 0 aliphatic rings. The van der Waals surface area contributed by atoms with Crippen molar-refractivity contribution in [2.75, 3.05) is 7.05 Å². The zero-order valence-corrected chi connectivity index (χ0v) is 17.6. The van der Waals surface area contributed by atoms with Gasteiger partial charge in [0.1, 0.15) is 4.21 Å². The molecule has 0 bridgehead atoms. The third kappa shape index (κ3) is 4.87. The van der Waals surface area contributed by atoms with Crippen LogP contribution in [0.25, 0.3) is 11.3 Å². The van der Waals surface area contributed by atoms with Crippen LogP contribution in [0.2, 0.25) is 0 Å². The number of nitrogens with one attached hydrogen (secondary N) is 1. The summed E-state index contributed by atoms with van der Waals surface area (Å²) in [5.41, 5.74) is 0.102. The lowest BCUT2D eigenvalue weighted by Crippen LogP contribution is -2.22. The van der Waals surface area contributed by atoms with Crippen molar-refractivity contribution in [2.24, 2.45) is 0 Å². The SMILES string of the molecule is CNC(OC(=O)/C=C/C(=O)O)c1cc(-c2cccnc2F)n(S(=O)(=O)c2cccs2)c1. The summed E-state index contributed by atoms with van der Waals surface area (Å²) in [6, 6.07) is 7.16.